The molecule has 2 saturated carbocycles. The lowest BCUT2D eigenvalue weighted by molar-refractivity contribution is -0.134. The van der Waals surface area contributed by atoms with Crippen molar-refractivity contribution in [1.82, 2.24) is 14.5 Å². The van der Waals surface area contributed by atoms with E-state index in [1.165, 1.54) is 57.8 Å². The first-order valence-corrected chi connectivity index (χ1v) is 12.9. The lowest BCUT2D eigenvalue weighted by Crippen LogP contribution is -2.58. The molecule has 2 saturated heterocycles. The second-order valence-corrected chi connectivity index (χ2v) is 10.9. The molecule has 2 aromatic rings. The van der Waals surface area contributed by atoms with E-state index in [2.05, 4.69) is 26.9 Å². The summed E-state index contributed by atoms with van der Waals surface area (Å²) in [4.78, 5) is 19.0. The number of aliphatic carboxylic acids is 1. The molecule has 0 spiro atoms. The average Bonchev–Trinajstić information content (AvgIpc) is 3.15. The zero-order valence-corrected chi connectivity index (χ0v) is 19.0. The van der Waals surface area contributed by atoms with E-state index in [1.807, 2.05) is 12.1 Å². The summed E-state index contributed by atoms with van der Waals surface area (Å²) in [5.41, 5.74) is 2.08. The third-order valence-electron chi connectivity index (χ3n) is 8.89. The minimum atomic E-state index is -0.849. The number of carbonyl (C=O) groups is 1. The highest BCUT2D eigenvalue weighted by Crippen LogP contribution is 2.48. The molecule has 2 aliphatic heterocycles. The van der Waals surface area contributed by atoms with Crippen LogP contribution >= 0.6 is 0 Å². The van der Waals surface area contributed by atoms with Crippen LogP contribution < -0.4 is 5.32 Å². The molecule has 6 nitrogen and oxygen atoms in total. The Bertz CT molecular complexity index is 962. The Labute approximate surface area is 197 Å². The minimum absolute atomic E-state index is 0. The van der Waals surface area contributed by atoms with Gasteiger partial charge < -0.3 is 15.0 Å². The van der Waals surface area contributed by atoms with Crippen LogP contribution in [0.25, 0.3) is 11.0 Å². The number of hydrogen-bond acceptors (Lipinski definition) is 4. The van der Waals surface area contributed by atoms with Crippen molar-refractivity contribution in [3.63, 3.8) is 0 Å². The highest BCUT2D eigenvalue weighted by Gasteiger charge is 2.45. The number of para-hydroxylation sites is 2. The molecule has 180 valence electrons. The van der Waals surface area contributed by atoms with Gasteiger partial charge in [0.1, 0.15) is 6.54 Å². The summed E-state index contributed by atoms with van der Waals surface area (Å²) in [5.74, 6) is 1.81. The Kier molecular flexibility index (Phi) is 6.39. The number of anilines is 1. The maximum atomic E-state index is 11.2. The summed E-state index contributed by atoms with van der Waals surface area (Å²) in [7, 11) is 0. The van der Waals surface area contributed by atoms with Crippen molar-refractivity contribution in [2.24, 2.45) is 11.8 Å². The molecule has 6 rings (SSSR count). The fourth-order valence-electron chi connectivity index (χ4n) is 7.83. The van der Waals surface area contributed by atoms with Crippen molar-refractivity contribution in [3.05, 3.63) is 24.3 Å². The largest absolute Gasteiger partial charge is 0.480 e. The van der Waals surface area contributed by atoms with E-state index in [0.717, 1.165) is 47.7 Å². The number of piperidine rings is 2. The van der Waals surface area contributed by atoms with Gasteiger partial charge in [-0.1, -0.05) is 45.2 Å². The van der Waals surface area contributed by atoms with E-state index in [-0.39, 0.29) is 14.0 Å². The summed E-state index contributed by atoms with van der Waals surface area (Å²) < 4.78 is 2.33. The van der Waals surface area contributed by atoms with Crippen LogP contribution in [0.1, 0.15) is 84.1 Å². The standard InChI is InChI=1S/C26H36N4O2.CH4/c31-25(32)16-27-26-28-23-9-1-2-10-24(23)30(26)22-14-19-7-4-8-20(15-22)29(19)21-12-17-5-3-6-18(11-17)13-21;/h1-2,9-10,17-22H,3-8,11-16H2,(H,27,28)(H,31,32);1H4/t17-,18+,19-,20+,21?,22?;. The lowest BCUT2D eigenvalue weighted by atomic mass is 9.68. The average molecular weight is 453 g/mol. The lowest BCUT2D eigenvalue weighted by Gasteiger charge is -2.55. The highest BCUT2D eigenvalue weighted by molar-refractivity contribution is 5.80. The van der Waals surface area contributed by atoms with E-state index < -0.39 is 5.97 Å². The second-order valence-electron chi connectivity index (χ2n) is 10.9. The van der Waals surface area contributed by atoms with Gasteiger partial charge in [-0.2, -0.15) is 0 Å². The fourth-order valence-corrected chi connectivity index (χ4v) is 7.83. The molecule has 0 radical (unpaired) electrons. The fraction of sp³-hybridized carbons (Fsp3) is 0.704. The van der Waals surface area contributed by atoms with Crippen LogP contribution in [0.15, 0.2) is 24.3 Å². The van der Waals surface area contributed by atoms with Crippen LogP contribution in [0.2, 0.25) is 0 Å². The predicted molar refractivity (Wildman–Crippen MR) is 133 cm³/mol. The Hall–Kier alpha value is -2.08. The molecular formula is C27H40N4O2. The molecule has 33 heavy (non-hydrogen) atoms. The topological polar surface area (TPSA) is 70.4 Å². The summed E-state index contributed by atoms with van der Waals surface area (Å²) in [6.45, 7) is -0.0973. The van der Waals surface area contributed by atoms with Crippen molar-refractivity contribution in [1.29, 1.82) is 0 Å². The number of hydrogen-bond donors (Lipinski definition) is 2. The van der Waals surface area contributed by atoms with Crippen molar-refractivity contribution >= 4 is 23.0 Å². The van der Waals surface area contributed by atoms with Gasteiger partial charge in [0.25, 0.3) is 0 Å². The third-order valence-corrected chi connectivity index (χ3v) is 8.89. The predicted octanol–water partition coefficient (Wildman–Crippen LogP) is 5.70. The molecule has 4 aliphatic rings. The quantitative estimate of drug-likeness (QED) is 0.609. The summed E-state index contributed by atoms with van der Waals surface area (Å²) in [6, 6.07) is 10.7. The van der Waals surface area contributed by atoms with Gasteiger partial charge in [0.15, 0.2) is 0 Å². The highest BCUT2D eigenvalue weighted by atomic mass is 16.4. The van der Waals surface area contributed by atoms with Gasteiger partial charge in [-0.25, -0.2) is 4.98 Å². The van der Waals surface area contributed by atoms with Gasteiger partial charge in [-0.05, 0) is 68.9 Å². The summed E-state index contributed by atoms with van der Waals surface area (Å²) >= 11 is 0. The minimum Gasteiger partial charge on any atom is -0.480 e. The van der Waals surface area contributed by atoms with Gasteiger partial charge in [0.05, 0.1) is 11.0 Å². The van der Waals surface area contributed by atoms with Crippen LogP contribution in [0.4, 0.5) is 5.95 Å². The monoisotopic (exact) mass is 452 g/mol. The van der Waals surface area contributed by atoms with Crippen LogP contribution in [0.5, 0.6) is 0 Å². The molecule has 6 atom stereocenters. The number of benzene rings is 1. The van der Waals surface area contributed by atoms with E-state index in [0.29, 0.717) is 18.1 Å². The zero-order valence-electron chi connectivity index (χ0n) is 19.0. The van der Waals surface area contributed by atoms with Crippen LogP contribution in [-0.2, 0) is 4.79 Å². The molecule has 0 amide bonds. The molecule has 6 heteroatoms. The van der Waals surface area contributed by atoms with Crippen LogP contribution in [0, 0.1) is 11.8 Å². The molecule has 2 unspecified atom stereocenters. The Morgan fingerprint density at radius 3 is 2.27 bits per heavy atom. The number of nitrogens with zero attached hydrogens (tertiary/aromatic N) is 3. The summed E-state index contributed by atoms with van der Waals surface area (Å²) in [6.07, 6.45) is 15.0. The summed E-state index contributed by atoms with van der Waals surface area (Å²) in [5, 5.41) is 12.3. The third kappa shape index (κ3) is 4.27. The molecule has 2 N–H and O–H groups in total. The van der Waals surface area contributed by atoms with Crippen molar-refractivity contribution in [2.75, 3.05) is 11.9 Å². The Morgan fingerprint density at radius 2 is 1.58 bits per heavy atom. The van der Waals surface area contributed by atoms with Crippen molar-refractivity contribution < 1.29 is 9.90 Å². The first-order valence-electron chi connectivity index (χ1n) is 12.9. The van der Waals surface area contributed by atoms with Gasteiger partial charge in [0, 0.05) is 24.2 Å². The van der Waals surface area contributed by atoms with Crippen molar-refractivity contribution in [2.45, 2.75) is 102 Å². The molecule has 1 aromatic carbocycles. The van der Waals surface area contributed by atoms with Gasteiger partial charge in [0.2, 0.25) is 5.95 Å². The number of carboxylic acids is 1. The first kappa shape index (κ1) is 22.7. The normalized spacial score (nSPS) is 33.9. The van der Waals surface area contributed by atoms with E-state index in [1.54, 1.807) is 0 Å². The second kappa shape index (κ2) is 9.28. The maximum Gasteiger partial charge on any atom is 0.322 e. The zero-order chi connectivity index (χ0) is 21.7. The van der Waals surface area contributed by atoms with E-state index in [4.69, 9.17) is 4.98 Å². The van der Waals surface area contributed by atoms with E-state index >= 15 is 0 Å². The number of rotatable bonds is 5. The number of aromatic nitrogens is 2. The number of nitrogens with one attached hydrogen (secondary N) is 1. The molecule has 4 bridgehead atoms. The van der Waals surface area contributed by atoms with Crippen molar-refractivity contribution in [3.8, 4) is 0 Å². The van der Waals surface area contributed by atoms with Crippen LogP contribution in [-0.4, -0.2) is 50.2 Å². The maximum absolute atomic E-state index is 11.2. The first-order chi connectivity index (χ1) is 15.7. The smallest absolute Gasteiger partial charge is 0.322 e. The van der Waals surface area contributed by atoms with Gasteiger partial charge in [-0.15, -0.1) is 0 Å². The molecule has 2 aliphatic carbocycles. The van der Waals surface area contributed by atoms with E-state index in [9.17, 15) is 9.90 Å². The number of carboxylic acid groups (broad SMARTS) is 1. The van der Waals surface area contributed by atoms with Crippen LogP contribution in [0.3, 0.4) is 0 Å². The number of fused-ring (bicyclic) bond motifs is 5. The molecule has 3 heterocycles. The van der Waals surface area contributed by atoms with Gasteiger partial charge in [-0.3, -0.25) is 9.69 Å². The molecule has 1 aromatic heterocycles. The van der Waals surface area contributed by atoms with Gasteiger partial charge >= 0.3 is 5.97 Å². The Balaban J connectivity index is 0.00000228. The number of imidazole rings is 1. The Morgan fingerprint density at radius 1 is 0.909 bits per heavy atom. The molecular weight excluding hydrogens is 412 g/mol. The SMILES string of the molecule is C.O=C(O)CNc1nc2ccccc2n1C1C[C@H]2CCC[C@@H](C1)N2C1C[C@H]2CCC[C@@H](C1)C2. The molecule has 4 fully saturated rings.